The van der Waals surface area contributed by atoms with Gasteiger partial charge in [0.1, 0.15) is 18.3 Å². The van der Waals surface area contributed by atoms with Crippen LogP contribution in [-0.2, 0) is 31.6 Å². The van der Waals surface area contributed by atoms with E-state index >= 15 is 0 Å². The summed E-state index contributed by atoms with van der Waals surface area (Å²) in [5.74, 6) is 0. The van der Waals surface area contributed by atoms with E-state index in [9.17, 15) is 53.1 Å². The average Bonchev–Trinajstić information content (AvgIpc) is 2.81. The second-order valence-corrected chi connectivity index (χ2v) is 10.6. The number of rotatable bonds is 8. The zero-order valence-corrected chi connectivity index (χ0v) is 18.2. The van der Waals surface area contributed by atoms with E-state index < -0.39 is 65.9 Å². The van der Waals surface area contributed by atoms with E-state index in [4.69, 9.17) is 4.74 Å². The maximum Gasteiger partial charge on any atom is 0.330 e. The standard InChI is InChI=1S/C9H14BrN2O15P3/c10-3-1-12(9(16)11-7(3)15)8-6(14)5(13)4(25-8)2-24-29(20,21)27-30(22,23)26-28(17,18)19/h1,4-6,8,13-14H,2H2,(H,20,21)(H,22,23)(H,11,15,16)(H2,17,18,19)/p-4. The highest BCUT2D eigenvalue weighted by atomic mass is 79.9. The summed E-state index contributed by atoms with van der Waals surface area (Å²) < 4.78 is 48.9. The minimum Gasteiger partial charge on any atom is -0.790 e. The SMILES string of the molecule is O=c1[nH]c(=O)n(C2OC(COP(=O)([O-])OP(=O)([O-])OP(=O)([O-])[O-])C(O)C2O)cc1Br. The zero-order chi connectivity index (χ0) is 23.1. The van der Waals surface area contributed by atoms with Crippen molar-refractivity contribution in [2.45, 2.75) is 24.5 Å². The molecule has 0 amide bonds. The fraction of sp³-hybridized carbons (Fsp3) is 0.556. The minimum atomic E-state index is -6.18. The lowest BCUT2D eigenvalue weighted by atomic mass is 10.1. The lowest BCUT2D eigenvalue weighted by Crippen LogP contribution is -2.38. The van der Waals surface area contributed by atoms with Gasteiger partial charge in [0.15, 0.2) is 6.23 Å². The Morgan fingerprint density at radius 1 is 1.10 bits per heavy atom. The maximum absolute atomic E-state index is 11.8. The first kappa shape index (κ1) is 25.7. The summed E-state index contributed by atoms with van der Waals surface area (Å²) in [5.41, 5.74) is -1.86. The molecule has 21 heteroatoms. The molecular formula is C9H10BrN2O15P3-4. The fourth-order valence-corrected chi connectivity index (χ4v) is 5.38. The molecule has 1 aromatic heterocycles. The number of H-pyrrole nitrogens is 1. The Bertz CT molecular complexity index is 1050. The van der Waals surface area contributed by atoms with Crippen LogP contribution in [0.1, 0.15) is 6.23 Å². The first-order valence-corrected chi connectivity index (χ1v) is 12.4. The van der Waals surface area contributed by atoms with Crippen molar-refractivity contribution in [3.63, 3.8) is 0 Å². The second-order valence-electron chi connectivity index (χ2n) is 5.49. The van der Waals surface area contributed by atoms with Gasteiger partial charge in [-0.1, -0.05) is 0 Å². The number of hydrogen-bond acceptors (Lipinski definition) is 15. The summed E-state index contributed by atoms with van der Waals surface area (Å²) >= 11 is 2.83. The van der Waals surface area contributed by atoms with Gasteiger partial charge in [-0.3, -0.25) is 27.8 Å². The van der Waals surface area contributed by atoms with Gasteiger partial charge in [0, 0.05) is 6.20 Å². The summed E-state index contributed by atoms with van der Waals surface area (Å²) in [6.07, 6.45) is -6.08. The number of aromatic amines is 1. The van der Waals surface area contributed by atoms with Crippen molar-refractivity contribution >= 4 is 39.4 Å². The van der Waals surface area contributed by atoms with Gasteiger partial charge in [-0.2, -0.15) is 0 Å². The third kappa shape index (κ3) is 6.72. The molecule has 0 aliphatic carbocycles. The van der Waals surface area contributed by atoms with Crippen LogP contribution in [0.2, 0.25) is 0 Å². The van der Waals surface area contributed by atoms with Crippen molar-refractivity contribution in [3.8, 4) is 0 Å². The third-order valence-corrected chi connectivity index (χ3v) is 7.56. The summed E-state index contributed by atoms with van der Waals surface area (Å²) in [5, 5.41) is 20.0. The number of hydrogen-bond donors (Lipinski definition) is 3. The average molecular weight is 559 g/mol. The summed E-state index contributed by atoms with van der Waals surface area (Å²) in [4.78, 5) is 68.1. The van der Waals surface area contributed by atoms with Crippen LogP contribution >= 0.6 is 39.4 Å². The van der Waals surface area contributed by atoms with Crippen molar-refractivity contribution in [3.05, 3.63) is 31.5 Å². The molecule has 17 nitrogen and oxygen atoms in total. The van der Waals surface area contributed by atoms with E-state index in [0.717, 1.165) is 6.20 Å². The molecule has 2 rings (SSSR count). The molecule has 6 unspecified atom stereocenters. The van der Waals surface area contributed by atoms with E-state index in [1.54, 1.807) is 0 Å². The molecule has 3 N–H and O–H groups in total. The van der Waals surface area contributed by atoms with E-state index in [1.807, 2.05) is 4.98 Å². The van der Waals surface area contributed by atoms with Crippen LogP contribution in [0.25, 0.3) is 0 Å². The van der Waals surface area contributed by atoms with Crippen LogP contribution in [0.15, 0.2) is 20.3 Å². The van der Waals surface area contributed by atoms with Crippen molar-refractivity contribution in [2.75, 3.05) is 6.61 Å². The van der Waals surface area contributed by atoms with Crippen LogP contribution in [0.4, 0.5) is 0 Å². The molecule has 0 radical (unpaired) electrons. The molecule has 0 bridgehead atoms. The number of aromatic nitrogens is 2. The molecule has 30 heavy (non-hydrogen) atoms. The number of phosphoric acid groups is 3. The van der Waals surface area contributed by atoms with Gasteiger partial charge in [0.2, 0.25) is 0 Å². The quantitative estimate of drug-likeness (QED) is 0.254. The molecule has 1 fully saturated rings. The van der Waals surface area contributed by atoms with Crippen LogP contribution in [0.3, 0.4) is 0 Å². The first-order valence-electron chi connectivity index (χ1n) is 7.25. The molecule has 1 aromatic rings. The lowest BCUT2D eigenvalue weighted by molar-refractivity contribution is -0.339. The van der Waals surface area contributed by atoms with Gasteiger partial charge < -0.3 is 43.6 Å². The molecule has 1 aliphatic heterocycles. The predicted octanol–water partition coefficient (Wildman–Crippen LogP) is -4.27. The second kappa shape index (κ2) is 9.13. The van der Waals surface area contributed by atoms with Gasteiger partial charge in [-0.15, -0.1) is 0 Å². The van der Waals surface area contributed by atoms with Gasteiger partial charge >= 0.3 is 5.69 Å². The van der Waals surface area contributed by atoms with Crippen molar-refractivity contribution in [1.29, 1.82) is 0 Å². The summed E-state index contributed by atoms with van der Waals surface area (Å²) in [7, 11) is -18.2. The predicted molar refractivity (Wildman–Crippen MR) is 85.9 cm³/mol. The van der Waals surface area contributed by atoms with E-state index in [0.29, 0.717) is 4.57 Å². The Morgan fingerprint density at radius 3 is 2.27 bits per heavy atom. The van der Waals surface area contributed by atoms with Crippen LogP contribution in [-0.4, -0.2) is 44.7 Å². The Labute approximate surface area is 173 Å². The number of nitrogens with zero attached hydrogens (tertiary/aromatic N) is 1. The van der Waals surface area contributed by atoms with Crippen molar-refractivity contribution in [2.24, 2.45) is 0 Å². The Hall–Kier alpha value is -0.550. The lowest BCUT2D eigenvalue weighted by Gasteiger charge is -2.37. The van der Waals surface area contributed by atoms with Crippen molar-refractivity contribution < 1.29 is 61.4 Å². The molecule has 0 saturated carbocycles. The number of aliphatic hydroxyl groups excluding tert-OH is 2. The molecule has 0 aromatic carbocycles. The molecule has 172 valence electrons. The minimum absolute atomic E-state index is 0.148. The smallest absolute Gasteiger partial charge is 0.330 e. The Balaban J connectivity index is 2.09. The first-order chi connectivity index (χ1) is 13.5. The number of aliphatic hydroxyl groups is 2. The summed E-state index contributed by atoms with van der Waals surface area (Å²) in [6.45, 7) is -1.18. The highest BCUT2D eigenvalue weighted by Crippen LogP contribution is 2.60. The van der Waals surface area contributed by atoms with Crippen LogP contribution in [0.5, 0.6) is 0 Å². The Kier molecular flexibility index (Phi) is 7.83. The molecule has 6 atom stereocenters. The van der Waals surface area contributed by atoms with Crippen LogP contribution < -0.4 is 30.8 Å². The third-order valence-electron chi connectivity index (χ3n) is 3.33. The van der Waals surface area contributed by atoms with E-state index in [1.165, 1.54) is 0 Å². The fourth-order valence-electron chi connectivity index (χ4n) is 2.19. The Morgan fingerprint density at radius 2 is 1.70 bits per heavy atom. The summed E-state index contributed by atoms with van der Waals surface area (Å²) in [6, 6.07) is 0. The van der Waals surface area contributed by atoms with E-state index in [-0.39, 0.29) is 4.47 Å². The van der Waals surface area contributed by atoms with Gasteiger partial charge in [-0.05, 0) is 15.9 Å². The van der Waals surface area contributed by atoms with Crippen molar-refractivity contribution in [1.82, 2.24) is 9.55 Å². The van der Waals surface area contributed by atoms with E-state index in [2.05, 4.69) is 29.1 Å². The highest BCUT2D eigenvalue weighted by Gasteiger charge is 2.45. The van der Waals surface area contributed by atoms with Gasteiger partial charge in [0.05, 0.1) is 18.9 Å². The van der Waals surface area contributed by atoms with Gasteiger partial charge in [-0.25, -0.2) is 9.11 Å². The molecule has 2 heterocycles. The number of phosphoric ester groups is 1. The molecule has 1 aliphatic rings. The molecular weight excluding hydrogens is 549 g/mol. The monoisotopic (exact) mass is 558 g/mol. The molecule has 1 saturated heterocycles. The number of halogens is 1. The van der Waals surface area contributed by atoms with Gasteiger partial charge in [0.25, 0.3) is 21.2 Å². The van der Waals surface area contributed by atoms with Crippen LogP contribution in [0, 0.1) is 0 Å². The number of ether oxygens (including phenoxy) is 1. The maximum atomic E-state index is 11.8. The highest BCUT2D eigenvalue weighted by molar-refractivity contribution is 9.10. The normalized spacial score (nSPS) is 28.8. The molecule has 0 spiro atoms. The largest absolute Gasteiger partial charge is 0.790 e. The topological polar surface area (TPSA) is 276 Å². The number of nitrogens with one attached hydrogen (secondary N) is 1. The zero-order valence-electron chi connectivity index (χ0n) is 14.0.